The average Bonchev–Trinajstić information content (AvgIpc) is 2.55. The normalized spacial score (nSPS) is 11.7. The molecule has 0 radical (unpaired) electrons. The van der Waals surface area contributed by atoms with Crippen LogP contribution >= 0.6 is 0 Å². The summed E-state index contributed by atoms with van der Waals surface area (Å²) in [5.41, 5.74) is 10.6. The molecule has 0 fully saturated rings. The maximum Gasteiger partial charge on any atom is 0.193 e. The number of anilines is 1. The Morgan fingerprint density at radius 1 is 1.13 bits per heavy atom. The van der Waals surface area contributed by atoms with Crippen LogP contribution in [-0.2, 0) is 13.1 Å². The molecule has 2 aromatic carbocycles. The van der Waals surface area contributed by atoms with Crippen LogP contribution in [0.1, 0.15) is 23.6 Å². The van der Waals surface area contributed by atoms with Gasteiger partial charge in [0.2, 0.25) is 0 Å². The molecule has 0 aliphatic carbocycles. The Bertz CT molecular complexity index is 647. The van der Waals surface area contributed by atoms with E-state index < -0.39 is 0 Å². The highest BCUT2D eigenvalue weighted by Crippen LogP contribution is 2.10. The van der Waals surface area contributed by atoms with Crippen molar-refractivity contribution >= 4 is 11.6 Å². The monoisotopic (exact) mass is 310 g/mol. The highest BCUT2D eigenvalue weighted by atomic mass is 15.1. The summed E-state index contributed by atoms with van der Waals surface area (Å²) in [4.78, 5) is 6.70. The fraction of sp³-hybridized carbons (Fsp3) is 0.316. The summed E-state index contributed by atoms with van der Waals surface area (Å²) in [7, 11) is 2.12. The summed E-state index contributed by atoms with van der Waals surface area (Å²) in [5.74, 6) is 0.435. The minimum absolute atomic E-state index is 0.435. The van der Waals surface area contributed by atoms with Crippen LogP contribution < -0.4 is 11.1 Å². The van der Waals surface area contributed by atoms with Crippen LogP contribution in [-0.4, -0.2) is 24.5 Å². The number of hydrogen-bond acceptors (Lipinski definition) is 2. The first-order chi connectivity index (χ1) is 11.1. The quantitative estimate of drug-likeness (QED) is 0.635. The summed E-state index contributed by atoms with van der Waals surface area (Å²) < 4.78 is 0. The minimum Gasteiger partial charge on any atom is -0.370 e. The summed E-state index contributed by atoms with van der Waals surface area (Å²) in [6, 6.07) is 16.6. The van der Waals surface area contributed by atoms with Gasteiger partial charge in [-0.25, -0.2) is 4.99 Å². The Kier molecular flexibility index (Phi) is 6.18. The van der Waals surface area contributed by atoms with Crippen molar-refractivity contribution in [2.75, 3.05) is 18.9 Å². The van der Waals surface area contributed by atoms with Gasteiger partial charge in [0.1, 0.15) is 0 Å². The van der Waals surface area contributed by atoms with Crippen molar-refractivity contribution in [3.8, 4) is 0 Å². The third kappa shape index (κ3) is 5.75. The molecule has 0 saturated carbocycles. The summed E-state index contributed by atoms with van der Waals surface area (Å²) in [6.45, 7) is 6.78. The van der Waals surface area contributed by atoms with Crippen LogP contribution in [0.4, 0.5) is 5.69 Å². The zero-order valence-corrected chi connectivity index (χ0v) is 14.2. The molecule has 0 bridgehead atoms. The molecule has 3 N–H and O–H groups in total. The lowest BCUT2D eigenvalue weighted by Gasteiger charge is -2.14. The van der Waals surface area contributed by atoms with Crippen molar-refractivity contribution in [3.05, 3.63) is 65.2 Å². The van der Waals surface area contributed by atoms with Crippen molar-refractivity contribution in [2.45, 2.75) is 26.9 Å². The van der Waals surface area contributed by atoms with Crippen LogP contribution in [0, 0.1) is 6.92 Å². The van der Waals surface area contributed by atoms with E-state index in [4.69, 9.17) is 5.73 Å². The highest BCUT2D eigenvalue weighted by molar-refractivity contribution is 5.92. The van der Waals surface area contributed by atoms with Gasteiger partial charge in [0.25, 0.3) is 0 Å². The van der Waals surface area contributed by atoms with Crippen LogP contribution in [0.15, 0.2) is 53.5 Å². The zero-order valence-electron chi connectivity index (χ0n) is 14.2. The standard InChI is InChI=1S/C19H26N4/c1-4-23(3)14-17-7-5-6-16(12-17)13-21-19(20)22-18-10-8-15(2)9-11-18/h5-12H,4,13-14H2,1-3H3,(H3,20,21,22). The first-order valence-electron chi connectivity index (χ1n) is 7.97. The summed E-state index contributed by atoms with van der Waals surface area (Å²) in [6.07, 6.45) is 0. The average molecular weight is 310 g/mol. The smallest absolute Gasteiger partial charge is 0.193 e. The maximum atomic E-state index is 5.96. The van der Waals surface area contributed by atoms with Crippen molar-refractivity contribution in [2.24, 2.45) is 10.7 Å². The highest BCUT2D eigenvalue weighted by Gasteiger charge is 2.00. The molecule has 0 atom stereocenters. The molecule has 2 aromatic rings. The van der Waals surface area contributed by atoms with E-state index in [1.807, 2.05) is 24.3 Å². The van der Waals surface area contributed by atoms with Gasteiger partial charge < -0.3 is 16.0 Å². The maximum absolute atomic E-state index is 5.96. The molecule has 0 aliphatic rings. The summed E-state index contributed by atoms with van der Waals surface area (Å²) >= 11 is 0. The van der Waals surface area contributed by atoms with Crippen molar-refractivity contribution < 1.29 is 0 Å². The predicted molar refractivity (Wildman–Crippen MR) is 98.6 cm³/mol. The van der Waals surface area contributed by atoms with E-state index in [9.17, 15) is 0 Å². The van der Waals surface area contributed by atoms with Gasteiger partial charge >= 0.3 is 0 Å². The SMILES string of the molecule is CCN(C)Cc1cccc(CN=C(N)Nc2ccc(C)cc2)c1. The van der Waals surface area contributed by atoms with Gasteiger partial charge in [-0.05, 0) is 43.8 Å². The molecule has 0 amide bonds. The minimum atomic E-state index is 0.435. The third-order valence-electron chi connectivity index (χ3n) is 3.74. The van der Waals surface area contributed by atoms with E-state index in [1.54, 1.807) is 0 Å². The lowest BCUT2D eigenvalue weighted by atomic mass is 10.1. The Balaban J connectivity index is 1.95. The van der Waals surface area contributed by atoms with E-state index in [-0.39, 0.29) is 0 Å². The van der Waals surface area contributed by atoms with Gasteiger partial charge in [0, 0.05) is 12.2 Å². The van der Waals surface area contributed by atoms with E-state index in [0.29, 0.717) is 12.5 Å². The first-order valence-corrected chi connectivity index (χ1v) is 7.97. The topological polar surface area (TPSA) is 53.6 Å². The van der Waals surface area contributed by atoms with Gasteiger partial charge in [0.05, 0.1) is 6.54 Å². The third-order valence-corrected chi connectivity index (χ3v) is 3.74. The number of guanidine groups is 1. The van der Waals surface area contributed by atoms with Gasteiger partial charge in [-0.2, -0.15) is 0 Å². The van der Waals surface area contributed by atoms with Crippen LogP contribution in [0.2, 0.25) is 0 Å². The van der Waals surface area contributed by atoms with Crippen molar-refractivity contribution in [1.82, 2.24) is 4.90 Å². The second-order valence-corrected chi connectivity index (χ2v) is 5.84. The number of aryl methyl sites for hydroxylation is 1. The number of benzene rings is 2. The van der Waals surface area contributed by atoms with Crippen LogP contribution in [0.25, 0.3) is 0 Å². The number of nitrogens with two attached hydrogens (primary N) is 1. The number of aliphatic imine (C=N–C) groups is 1. The molecule has 4 nitrogen and oxygen atoms in total. The second kappa shape index (κ2) is 8.34. The summed E-state index contributed by atoms with van der Waals surface area (Å²) in [5, 5.41) is 3.11. The molecular formula is C19H26N4. The van der Waals surface area contributed by atoms with Gasteiger partial charge in [-0.1, -0.05) is 48.9 Å². The molecule has 0 aromatic heterocycles. The molecule has 0 saturated heterocycles. The van der Waals surface area contributed by atoms with Crippen molar-refractivity contribution in [3.63, 3.8) is 0 Å². The fourth-order valence-electron chi connectivity index (χ4n) is 2.25. The number of hydrogen-bond donors (Lipinski definition) is 2. The van der Waals surface area contributed by atoms with Gasteiger partial charge in [-0.15, -0.1) is 0 Å². The largest absolute Gasteiger partial charge is 0.370 e. The van der Waals surface area contributed by atoms with E-state index in [2.05, 4.69) is 60.4 Å². The number of nitrogens with zero attached hydrogens (tertiary/aromatic N) is 2. The molecule has 0 spiro atoms. The lowest BCUT2D eigenvalue weighted by Crippen LogP contribution is -2.22. The van der Waals surface area contributed by atoms with Crippen LogP contribution in [0.3, 0.4) is 0 Å². The molecule has 4 heteroatoms. The van der Waals surface area contributed by atoms with E-state index in [0.717, 1.165) is 18.8 Å². The molecular weight excluding hydrogens is 284 g/mol. The van der Waals surface area contributed by atoms with Crippen molar-refractivity contribution in [1.29, 1.82) is 0 Å². The Morgan fingerprint density at radius 3 is 2.52 bits per heavy atom. The first kappa shape index (κ1) is 17.0. The lowest BCUT2D eigenvalue weighted by molar-refractivity contribution is 0.345. The molecule has 23 heavy (non-hydrogen) atoms. The number of nitrogens with one attached hydrogen (secondary N) is 1. The molecule has 122 valence electrons. The van der Waals surface area contributed by atoms with E-state index in [1.165, 1.54) is 16.7 Å². The predicted octanol–water partition coefficient (Wildman–Crippen LogP) is 3.37. The van der Waals surface area contributed by atoms with E-state index >= 15 is 0 Å². The van der Waals surface area contributed by atoms with Gasteiger partial charge in [0.15, 0.2) is 5.96 Å². The fourth-order valence-corrected chi connectivity index (χ4v) is 2.25. The second-order valence-electron chi connectivity index (χ2n) is 5.84. The molecule has 0 aliphatic heterocycles. The zero-order chi connectivity index (χ0) is 16.7. The molecule has 2 rings (SSSR count). The molecule has 0 unspecified atom stereocenters. The Labute approximate surface area is 139 Å². The Hall–Kier alpha value is -2.33. The number of rotatable bonds is 6. The van der Waals surface area contributed by atoms with Gasteiger partial charge in [-0.3, -0.25) is 0 Å². The van der Waals surface area contributed by atoms with Crippen LogP contribution in [0.5, 0.6) is 0 Å². The Morgan fingerprint density at radius 2 is 1.83 bits per heavy atom. The molecule has 0 heterocycles.